The highest BCUT2D eigenvalue weighted by Crippen LogP contribution is 2.45. The molecule has 0 heterocycles. The smallest absolute Gasteiger partial charge is 0.139 e. The summed E-state index contributed by atoms with van der Waals surface area (Å²) in [4.78, 5) is 2.38. The third-order valence-corrected chi connectivity index (χ3v) is 8.60. The van der Waals surface area contributed by atoms with Gasteiger partial charge in [0.1, 0.15) is 12.2 Å². The topological polar surface area (TPSA) is 12.5 Å². The predicted molar refractivity (Wildman–Crippen MR) is 185 cm³/mol. The van der Waals surface area contributed by atoms with Crippen molar-refractivity contribution in [2.24, 2.45) is 0 Å². The van der Waals surface area contributed by atoms with Crippen LogP contribution in [0.1, 0.15) is 22.6 Å². The van der Waals surface area contributed by atoms with Gasteiger partial charge in [-0.25, -0.2) is 0 Å². The Kier molecular flexibility index (Phi) is 8.65. The van der Waals surface area contributed by atoms with E-state index < -0.39 is 0 Å². The summed E-state index contributed by atoms with van der Waals surface area (Å²) in [5.74, 6) is 1.16. The van der Waals surface area contributed by atoms with Crippen LogP contribution < -0.4 is 9.42 Å². The lowest BCUT2D eigenvalue weighted by molar-refractivity contribution is 0.649. The largest absolute Gasteiger partial charge is 0.465 e. The highest BCUT2D eigenvalue weighted by atomic mass is 127. The van der Waals surface area contributed by atoms with Gasteiger partial charge in [0.2, 0.25) is 0 Å². The number of benzene rings is 5. The maximum absolute atomic E-state index is 6.35. The maximum atomic E-state index is 6.35. The zero-order valence-electron chi connectivity index (χ0n) is 22.9. The summed E-state index contributed by atoms with van der Waals surface area (Å²) >= 11 is 2.31. The van der Waals surface area contributed by atoms with Crippen molar-refractivity contribution in [2.45, 2.75) is 12.5 Å². The summed E-state index contributed by atoms with van der Waals surface area (Å²) in [6, 6.07) is 45.2. The van der Waals surface area contributed by atoms with Gasteiger partial charge in [-0.1, -0.05) is 140 Å². The minimum atomic E-state index is 0.221. The van der Waals surface area contributed by atoms with E-state index in [0.717, 1.165) is 29.0 Å². The van der Waals surface area contributed by atoms with Crippen LogP contribution in [0.25, 0.3) is 27.8 Å². The molecule has 41 heavy (non-hydrogen) atoms. The Morgan fingerprint density at radius 3 is 2.10 bits per heavy atom. The number of anilines is 1. The van der Waals surface area contributed by atoms with E-state index in [1.165, 1.54) is 33.5 Å². The fraction of sp³-hybridized carbons (Fsp3) is 0.0811. The molecule has 0 saturated heterocycles. The highest BCUT2D eigenvalue weighted by Gasteiger charge is 2.23. The minimum Gasteiger partial charge on any atom is -0.465 e. The van der Waals surface area contributed by atoms with Crippen molar-refractivity contribution in [1.29, 1.82) is 0 Å². The Hall–Kier alpha value is -3.66. The van der Waals surface area contributed by atoms with Crippen LogP contribution in [-0.2, 0) is 6.54 Å². The van der Waals surface area contributed by atoms with Crippen LogP contribution in [0.2, 0.25) is 0 Å². The molecule has 0 aromatic heterocycles. The summed E-state index contributed by atoms with van der Waals surface area (Å²) in [6.07, 6.45) is 6.75. The van der Waals surface area contributed by atoms with Crippen LogP contribution in [0.3, 0.4) is 0 Å². The summed E-state index contributed by atoms with van der Waals surface area (Å²) in [6.45, 7) is 1.10. The van der Waals surface area contributed by atoms with Crippen molar-refractivity contribution in [3.05, 3.63) is 162 Å². The summed E-state index contributed by atoms with van der Waals surface area (Å²) in [5.41, 5.74) is 11.0. The van der Waals surface area contributed by atoms with Crippen molar-refractivity contribution in [1.82, 2.24) is 0 Å². The number of halogens is 1. The molecule has 2 nitrogen and oxygen atoms in total. The first-order chi connectivity index (χ1) is 20.2. The zero-order chi connectivity index (χ0) is 28.0. The Bertz CT molecular complexity index is 1700. The fourth-order valence-corrected chi connectivity index (χ4v) is 6.72. The number of para-hydroxylation sites is 2. The molecule has 1 aliphatic rings. The van der Waals surface area contributed by atoms with Crippen molar-refractivity contribution in [3.63, 3.8) is 0 Å². The molecule has 0 N–H and O–H groups in total. The van der Waals surface area contributed by atoms with Gasteiger partial charge in [0.25, 0.3) is 0 Å². The van der Waals surface area contributed by atoms with Gasteiger partial charge >= 0.3 is 0 Å². The lowest BCUT2D eigenvalue weighted by Crippen LogP contribution is -2.19. The van der Waals surface area contributed by atoms with Crippen LogP contribution in [0.4, 0.5) is 5.69 Å². The maximum Gasteiger partial charge on any atom is 0.139 e. The second-order valence-electron chi connectivity index (χ2n) is 10.2. The van der Waals surface area contributed by atoms with Gasteiger partial charge in [0.15, 0.2) is 0 Å². The Labute approximate surface area is 257 Å². The molecule has 0 saturated carbocycles. The molecular formula is C37H31INOP. The number of hydrogen-bond donors (Lipinski definition) is 0. The zero-order valence-corrected chi connectivity index (χ0v) is 26.0. The van der Waals surface area contributed by atoms with Crippen molar-refractivity contribution in [2.75, 3.05) is 11.9 Å². The summed E-state index contributed by atoms with van der Waals surface area (Å²) in [5, 5.41) is 0. The van der Waals surface area contributed by atoms with Crippen LogP contribution in [0.15, 0.2) is 146 Å². The van der Waals surface area contributed by atoms with Crippen molar-refractivity contribution >= 4 is 39.8 Å². The van der Waals surface area contributed by atoms with Crippen LogP contribution in [-0.4, -0.2) is 7.05 Å². The minimum absolute atomic E-state index is 0.221. The van der Waals surface area contributed by atoms with Crippen LogP contribution in [0, 0.1) is 0 Å². The van der Waals surface area contributed by atoms with E-state index in [2.05, 4.69) is 180 Å². The van der Waals surface area contributed by atoms with Gasteiger partial charge in [-0.05, 0) is 61.5 Å². The van der Waals surface area contributed by atoms with Crippen LogP contribution >= 0.6 is 28.5 Å². The van der Waals surface area contributed by atoms with Gasteiger partial charge < -0.3 is 9.42 Å². The third-order valence-electron chi connectivity index (χ3n) is 7.66. The Balaban J connectivity index is 1.36. The quantitative estimate of drug-likeness (QED) is 0.115. The van der Waals surface area contributed by atoms with E-state index >= 15 is 0 Å². The van der Waals surface area contributed by atoms with Crippen molar-refractivity contribution < 1.29 is 4.52 Å². The average molecular weight is 664 g/mol. The lowest BCUT2D eigenvalue weighted by atomic mass is 9.88. The molecule has 0 radical (unpaired) electrons. The van der Waals surface area contributed by atoms with Gasteiger partial charge in [-0.2, -0.15) is 0 Å². The predicted octanol–water partition coefficient (Wildman–Crippen LogP) is 10.7. The van der Waals surface area contributed by atoms with Crippen molar-refractivity contribution in [3.8, 4) is 28.0 Å². The standard InChI is InChI=1S/C37H31INOP/c1-39(36-25-11-10-20-34(36)33-23-12-21-30(33)27-14-4-2-5-15-27)26-29-18-8-9-19-31(29)35-24-13-22-32(37(35)40-41-38)28-16-6-3-7-17-28/h2-25,33,41H,26H2,1H3. The number of nitrogens with zero attached hydrogens (tertiary/aromatic N) is 1. The second kappa shape index (κ2) is 12.9. The molecule has 0 spiro atoms. The average Bonchev–Trinajstić information content (AvgIpc) is 3.53. The molecule has 2 unspecified atom stereocenters. The van der Waals surface area contributed by atoms with Gasteiger partial charge in [0.05, 0.1) is 0 Å². The van der Waals surface area contributed by atoms with E-state index in [0.29, 0.717) is 6.45 Å². The second-order valence-corrected chi connectivity index (χ2v) is 11.8. The van der Waals surface area contributed by atoms with E-state index in [9.17, 15) is 0 Å². The summed E-state index contributed by atoms with van der Waals surface area (Å²) in [7, 11) is 2.20. The van der Waals surface area contributed by atoms with E-state index in [1.807, 2.05) is 0 Å². The number of hydrogen-bond acceptors (Lipinski definition) is 2. The van der Waals surface area contributed by atoms with Gasteiger partial charge in [-0.15, -0.1) is 0 Å². The molecule has 0 fully saturated rings. The summed E-state index contributed by atoms with van der Waals surface area (Å²) < 4.78 is 6.35. The van der Waals surface area contributed by atoms with E-state index in [1.54, 1.807) is 0 Å². The first-order valence-corrected chi connectivity index (χ1v) is 17.8. The lowest BCUT2D eigenvalue weighted by Gasteiger charge is -2.27. The molecule has 5 aromatic rings. The first-order valence-electron chi connectivity index (χ1n) is 13.8. The highest BCUT2D eigenvalue weighted by molar-refractivity contribution is 14.2. The molecule has 202 valence electrons. The third kappa shape index (κ3) is 5.88. The molecule has 0 amide bonds. The van der Waals surface area contributed by atoms with E-state index in [-0.39, 0.29) is 5.92 Å². The normalized spacial score (nSPS) is 14.4. The molecule has 1 aliphatic carbocycles. The van der Waals surface area contributed by atoms with Crippen LogP contribution in [0.5, 0.6) is 5.75 Å². The SMILES string of the molecule is CN(Cc1ccccc1-c1cccc(-c2ccccc2)c1OPI)c1ccccc1C1C=CC=C1c1ccccc1. The Morgan fingerprint density at radius 2 is 1.32 bits per heavy atom. The Morgan fingerprint density at radius 1 is 0.683 bits per heavy atom. The molecular weight excluding hydrogens is 632 g/mol. The number of allylic oxidation sites excluding steroid dienone is 4. The molecule has 2 atom stereocenters. The van der Waals surface area contributed by atoms with Gasteiger partial charge in [-0.3, -0.25) is 0 Å². The monoisotopic (exact) mass is 663 g/mol. The molecule has 5 aromatic carbocycles. The van der Waals surface area contributed by atoms with Gasteiger partial charge in [0, 0.05) is 36.3 Å². The molecule has 0 bridgehead atoms. The fourth-order valence-electron chi connectivity index (χ4n) is 5.76. The molecule has 6 rings (SSSR count). The van der Waals surface area contributed by atoms with E-state index in [4.69, 9.17) is 4.52 Å². The molecule has 4 heteroatoms. The molecule has 0 aliphatic heterocycles. The number of rotatable bonds is 9. The first kappa shape index (κ1) is 27.5.